The van der Waals surface area contributed by atoms with Crippen LogP contribution in [0.2, 0.25) is 0 Å². The van der Waals surface area contributed by atoms with Crippen molar-refractivity contribution < 1.29 is 0 Å². The normalized spacial score (nSPS) is 12.5. The van der Waals surface area contributed by atoms with E-state index in [1.54, 1.807) is 11.3 Å². The first-order valence-corrected chi connectivity index (χ1v) is 8.08. The first-order chi connectivity index (χ1) is 8.06. The Kier molecular flexibility index (Phi) is 4.49. The van der Waals surface area contributed by atoms with Crippen molar-refractivity contribution in [1.29, 1.82) is 0 Å². The summed E-state index contributed by atoms with van der Waals surface area (Å²) < 4.78 is 2.46. The van der Waals surface area contributed by atoms with Crippen molar-refractivity contribution in [2.45, 2.75) is 19.9 Å². The number of aryl methyl sites for hydroxylation is 1. The molecule has 1 aromatic carbocycles. The maximum absolute atomic E-state index is 3.52. The molecule has 1 nitrogen and oxygen atoms in total. The summed E-state index contributed by atoms with van der Waals surface area (Å²) in [4.78, 5) is 1.34. The van der Waals surface area contributed by atoms with Crippen LogP contribution in [0.25, 0.3) is 0 Å². The number of benzene rings is 1. The zero-order valence-electron chi connectivity index (χ0n) is 9.63. The van der Waals surface area contributed by atoms with E-state index in [2.05, 4.69) is 87.3 Å². The lowest BCUT2D eigenvalue weighted by atomic mass is 10.2. The van der Waals surface area contributed by atoms with Gasteiger partial charge < -0.3 is 5.32 Å². The van der Waals surface area contributed by atoms with Gasteiger partial charge in [-0.1, -0.05) is 6.07 Å². The number of halogens is 2. The summed E-state index contributed by atoms with van der Waals surface area (Å²) in [6.45, 7) is 4.32. The molecule has 2 rings (SSSR count). The standard InChI is InChI=1S/C13H13BrINS/c1-8-3-4-11(6-12(8)15)16-9(2)13-5-10(14)7-17-13/h3-7,9,16H,1-2H3. The molecule has 0 saturated carbocycles. The van der Waals surface area contributed by atoms with Crippen LogP contribution in [0, 0.1) is 10.5 Å². The third-order valence-corrected chi connectivity index (χ3v) is 5.61. The van der Waals surface area contributed by atoms with E-state index in [1.807, 2.05) is 0 Å². The van der Waals surface area contributed by atoms with Crippen molar-refractivity contribution >= 4 is 55.5 Å². The third kappa shape index (κ3) is 3.45. The second-order valence-electron chi connectivity index (χ2n) is 4.00. The molecule has 17 heavy (non-hydrogen) atoms. The maximum Gasteiger partial charge on any atom is 0.0578 e. The van der Waals surface area contributed by atoms with Gasteiger partial charge in [0.2, 0.25) is 0 Å². The number of thiophene rings is 1. The molecule has 1 heterocycles. The van der Waals surface area contributed by atoms with E-state index in [9.17, 15) is 0 Å². The highest BCUT2D eigenvalue weighted by atomic mass is 127. The molecule has 1 unspecified atom stereocenters. The van der Waals surface area contributed by atoms with Gasteiger partial charge in [0.05, 0.1) is 6.04 Å². The van der Waals surface area contributed by atoms with Gasteiger partial charge >= 0.3 is 0 Å². The fourth-order valence-electron chi connectivity index (χ4n) is 1.56. The van der Waals surface area contributed by atoms with Crippen LogP contribution in [-0.4, -0.2) is 0 Å². The van der Waals surface area contributed by atoms with Crippen LogP contribution in [0.1, 0.15) is 23.4 Å². The summed E-state index contributed by atoms with van der Waals surface area (Å²) in [5.41, 5.74) is 2.50. The number of hydrogen-bond acceptors (Lipinski definition) is 2. The molecule has 1 N–H and O–H groups in total. The molecule has 0 aliphatic carbocycles. The SMILES string of the molecule is Cc1ccc(NC(C)c2cc(Br)cs2)cc1I. The van der Waals surface area contributed by atoms with Gasteiger partial charge in [-0.05, 0) is 76.1 Å². The maximum atomic E-state index is 3.52. The lowest BCUT2D eigenvalue weighted by Crippen LogP contribution is -2.05. The van der Waals surface area contributed by atoms with Crippen LogP contribution in [0.4, 0.5) is 5.69 Å². The molecule has 0 aliphatic heterocycles. The lowest BCUT2D eigenvalue weighted by molar-refractivity contribution is 0.907. The van der Waals surface area contributed by atoms with Crippen LogP contribution in [-0.2, 0) is 0 Å². The van der Waals surface area contributed by atoms with E-state index >= 15 is 0 Å². The summed E-state index contributed by atoms with van der Waals surface area (Å²) in [7, 11) is 0. The number of hydrogen-bond donors (Lipinski definition) is 1. The Balaban J connectivity index is 2.12. The molecule has 0 aliphatic rings. The topological polar surface area (TPSA) is 12.0 Å². The fraction of sp³-hybridized carbons (Fsp3) is 0.231. The predicted octanol–water partition coefficient (Wildman–Crippen LogP) is 5.60. The molecular formula is C13H13BrINS. The van der Waals surface area contributed by atoms with Crippen molar-refractivity contribution in [3.63, 3.8) is 0 Å². The summed E-state index contributed by atoms with van der Waals surface area (Å²) in [5.74, 6) is 0. The van der Waals surface area contributed by atoms with Crippen LogP contribution < -0.4 is 5.32 Å². The van der Waals surface area contributed by atoms with E-state index in [-0.39, 0.29) is 0 Å². The zero-order valence-corrected chi connectivity index (χ0v) is 14.2. The molecule has 90 valence electrons. The van der Waals surface area contributed by atoms with Crippen molar-refractivity contribution in [3.8, 4) is 0 Å². The van der Waals surface area contributed by atoms with Gasteiger partial charge in [-0.2, -0.15) is 0 Å². The van der Waals surface area contributed by atoms with Gasteiger partial charge in [0.25, 0.3) is 0 Å². The summed E-state index contributed by atoms with van der Waals surface area (Å²) in [5, 5.41) is 5.64. The molecule has 0 amide bonds. The largest absolute Gasteiger partial charge is 0.378 e. The van der Waals surface area contributed by atoms with Gasteiger partial charge in [0, 0.05) is 24.0 Å². The average Bonchev–Trinajstić information content (AvgIpc) is 2.70. The Morgan fingerprint density at radius 1 is 1.35 bits per heavy atom. The number of nitrogens with one attached hydrogen (secondary N) is 1. The first kappa shape index (κ1) is 13.4. The van der Waals surface area contributed by atoms with Crippen molar-refractivity contribution in [3.05, 3.63) is 48.1 Å². The number of rotatable bonds is 3. The monoisotopic (exact) mass is 421 g/mol. The zero-order chi connectivity index (χ0) is 12.4. The molecule has 0 spiro atoms. The van der Waals surface area contributed by atoms with Gasteiger partial charge in [-0.3, -0.25) is 0 Å². The Bertz CT molecular complexity index is 524. The van der Waals surface area contributed by atoms with Crippen LogP contribution >= 0.6 is 49.9 Å². The highest BCUT2D eigenvalue weighted by molar-refractivity contribution is 14.1. The predicted molar refractivity (Wildman–Crippen MR) is 88.0 cm³/mol. The van der Waals surface area contributed by atoms with Crippen LogP contribution in [0.15, 0.2) is 34.1 Å². The quantitative estimate of drug-likeness (QED) is 0.636. The molecular weight excluding hydrogens is 409 g/mol. The lowest BCUT2D eigenvalue weighted by Gasteiger charge is -2.14. The smallest absolute Gasteiger partial charge is 0.0578 e. The molecule has 0 radical (unpaired) electrons. The minimum absolute atomic E-state index is 0.338. The van der Waals surface area contributed by atoms with E-state index in [1.165, 1.54) is 19.7 Å². The fourth-order valence-corrected chi connectivity index (χ4v) is 3.53. The average molecular weight is 422 g/mol. The molecule has 1 atom stereocenters. The summed E-state index contributed by atoms with van der Waals surface area (Å²) in [6, 6.07) is 8.98. The highest BCUT2D eigenvalue weighted by Gasteiger charge is 2.08. The Labute approximate surface area is 128 Å². The first-order valence-electron chi connectivity index (χ1n) is 5.33. The molecule has 0 bridgehead atoms. The van der Waals surface area contributed by atoms with E-state index < -0.39 is 0 Å². The second-order valence-corrected chi connectivity index (χ2v) is 7.02. The molecule has 0 fully saturated rings. The third-order valence-electron chi connectivity index (χ3n) is 2.57. The second kappa shape index (κ2) is 5.71. The molecule has 4 heteroatoms. The minimum Gasteiger partial charge on any atom is -0.378 e. The van der Waals surface area contributed by atoms with Crippen LogP contribution in [0.5, 0.6) is 0 Å². The van der Waals surface area contributed by atoms with Gasteiger partial charge in [-0.15, -0.1) is 11.3 Å². The molecule has 0 saturated heterocycles. The molecule has 2 aromatic rings. The minimum atomic E-state index is 0.338. The number of anilines is 1. The van der Waals surface area contributed by atoms with Gasteiger partial charge in [0.15, 0.2) is 0 Å². The van der Waals surface area contributed by atoms with Crippen molar-refractivity contribution in [2.24, 2.45) is 0 Å². The van der Waals surface area contributed by atoms with E-state index in [0.29, 0.717) is 6.04 Å². The Hall–Kier alpha value is -0.0700. The van der Waals surface area contributed by atoms with E-state index in [0.717, 1.165) is 4.47 Å². The summed E-state index contributed by atoms with van der Waals surface area (Å²) >= 11 is 7.63. The van der Waals surface area contributed by atoms with Crippen molar-refractivity contribution in [2.75, 3.05) is 5.32 Å². The van der Waals surface area contributed by atoms with Gasteiger partial charge in [0.1, 0.15) is 0 Å². The highest BCUT2D eigenvalue weighted by Crippen LogP contribution is 2.28. The Morgan fingerprint density at radius 2 is 2.12 bits per heavy atom. The van der Waals surface area contributed by atoms with Gasteiger partial charge in [-0.25, -0.2) is 0 Å². The molecule has 1 aromatic heterocycles. The van der Waals surface area contributed by atoms with E-state index in [4.69, 9.17) is 0 Å². The van der Waals surface area contributed by atoms with Crippen molar-refractivity contribution in [1.82, 2.24) is 0 Å². The Morgan fingerprint density at radius 3 is 2.71 bits per heavy atom. The van der Waals surface area contributed by atoms with Crippen LogP contribution in [0.3, 0.4) is 0 Å². The summed E-state index contributed by atoms with van der Waals surface area (Å²) in [6.07, 6.45) is 0.